The van der Waals surface area contributed by atoms with Gasteiger partial charge in [-0.1, -0.05) is 43.6 Å². The maximum Gasteiger partial charge on any atom is 0.261 e. The highest BCUT2D eigenvalue weighted by Crippen LogP contribution is 2.26. The van der Waals surface area contributed by atoms with Gasteiger partial charge in [0.15, 0.2) is 0 Å². The topological polar surface area (TPSA) is 76.1 Å². The number of nitrogens with zero attached hydrogens (tertiary/aromatic N) is 1. The molecule has 0 bridgehead atoms. The molecule has 0 spiro atoms. The van der Waals surface area contributed by atoms with E-state index in [0.717, 1.165) is 5.56 Å². The Labute approximate surface area is 169 Å². The van der Waals surface area contributed by atoms with Crippen molar-refractivity contribution >= 4 is 33.1 Å². The average Bonchev–Trinajstić information content (AvgIpc) is 2.69. The number of nitrogens with one attached hydrogen (secondary N) is 1. The number of halogens is 1. The lowest BCUT2D eigenvalue weighted by molar-refractivity contribution is 0.103. The van der Waals surface area contributed by atoms with Crippen molar-refractivity contribution < 1.29 is 13.2 Å². The van der Waals surface area contributed by atoms with Crippen molar-refractivity contribution in [3.05, 3.63) is 88.7 Å². The summed E-state index contributed by atoms with van der Waals surface area (Å²) >= 11 is 6.03. The van der Waals surface area contributed by atoms with Gasteiger partial charge in [-0.05, 0) is 53.9 Å². The first-order chi connectivity index (χ1) is 13.3. The van der Waals surface area contributed by atoms with Gasteiger partial charge in [-0.15, -0.1) is 0 Å². The van der Waals surface area contributed by atoms with Gasteiger partial charge in [0.1, 0.15) is 5.69 Å². The molecular weight excluding hydrogens is 396 g/mol. The highest BCUT2D eigenvalue weighted by atomic mass is 35.5. The molecule has 0 saturated carbocycles. The molecule has 5 nitrogen and oxygen atoms in total. The Morgan fingerprint density at radius 2 is 1.75 bits per heavy atom. The third kappa shape index (κ3) is 4.40. The number of carbonyl (C=O) groups is 1. The van der Waals surface area contributed by atoms with Crippen LogP contribution >= 0.6 is 11.6 Å². The Hall–Kier alpha value is -2.70. The van der Waals surface area contributed by atoms with Crippen LogP contribution in [0.25, 0.3) is 0 Å². The zero-order valence-electron chi connectivity index (χ0n) is 15.4. The van der Waals surface area contributed by atoms with Crippen LogP contribution in [-0.4, -0.2) is 19.2 Å². The van der Waals surface area contributed by atoms with E-state index in [1.165, 1.54) is 24.4 Å². The Kier molecular flexibility index (Phi) is 5.82. The van der Waals surface area contributed by atoms with Gasteiger partial charge in [-0.3, -0.25) is 14.5 Å². The zero-order chi connectivity index (χ0) is 20.3. The van der Waals surface area contributed by atoms with Crippen molar-refractivity contribution in [3.63, 3.8) is 0 Å². The number of anilines is 1. The summed E-state index contributed by atoms with van der Waals surface area (Å²) in [6.45, 7) is 4.07. The van der Waals surface area contributed by atoms with E-state index in [4.69, 9.17) is 11.6 Å². The SMILES string of the molecule is CC(C)c1ccc(S(=O)(=O)Nc2ccc(Cl)cc2C(=O)c2ccccn2)cc1. The van der Waals surface area contributed by atoms with Crippen LogP contribution in [-0.2, 0) is 10.0 Å². The monoisotopic (exact) mass is 414 g/mol. The van der Waals surface area contributed by atoms with Crippen LogP contribution in [0.4, 0.5) is 5.69 Å². The molecule has 28 heavy (non-hydrogen) atoms. The Balaban J connectivity index is 1.97. The minimum Gasteiger partial charge on any atom is -0.287 e. The third-order valence-electron chi connectivity index (χ3n) is 4.23. The second-order valence-electron chi connectivity index (χ2n) is 6.56. The molecule has 144 valence electrons. The summed E-state index contributed by atoms with van der Waals surface area (Å²) < 4.78 is 28.1. The average molecular weight is 415 g/mol. The van der Waals surface area contributed by atoms with Gasteiger partial charge in [-0.2, -0.15) is 0 Å². The largest absolute Gasteiger partial charge is 0.287 e. The summed E-state index contributed by atoms with van der Waals surface area (Å²) in [6, 6.07) is 16.0. The highest BCUT2D eigenvalue weighted by Gasteiger charge is 2.21. The molecule has 3 aromatic rings. The van der Waals surface area contributed by atoms with E-state index in [9.17, 15) is 13.2 Å². The first kappa shape index (κ1) is 20.0. The molecule has 0 aliphatic carbocycles. The normalized spacial score (nSPS) is 11.4. The van der Waals surface area contributed by atoms with E-state index in [2.05, 4.69) is 9.71 Å². The standard InChI is InChI=1S/C21H19ClN2O3S/c1-14(2)15-6-9-17(10-7-15)28(26,27)24-19-11-8-16(22)13-18(19)21(25)20-5-3-4-12-23-20/h3-14,24H,1-2H3. The maximum absolute atomic E-state index is 12.8. The van der Waals surface area contributed by atoms with Gasteiger partial charge < -0.3 is 0 Å². The number of rotatable bonds is 6. The Bertz CT molecular complexity index is 1100. The first-order valence-electron chi connectivity index (χ1n) is 8.66. The van der Waals surface area contributed by atoms with Crippen LogP contribution in [0.1, 0.15) is 41.4 Å². The van der Waals surface area contributed by atoms with Crippen LogP contribution in [0, 0.1) is 0 Å². The quantitative estimate of drug-likeness (QED) is 0.582. The van der Waals surface area contributed by atoms with E-state index >= 15 is 0 Å². The molecule has 1 aromatic heterocycles. The molecule has 1 N–H and O–H groups in total. The molecule has 1 heterocycles. The van der Waals surface area contributed by atoms with Gasteiger partial charge >= 0.3 is 0 Å². The minimum atomic E-state index is -3.87. The fraction of sp³-hybridized carbons (Fsp3) is 0.143. The van der Waals surface area contributed by atoms with Gasteiger partial charge in [0.2, 0.25) is 5.78 Å². The summed E-state index contributed by atoms with van der Waals surface area (Å²) in [4.78, 5) is 17.0. The van der Waals surface area contributed by atoms with Crippen LogP contribution in [0.3, 0.4) is 0 Å². The van der Waals surface area contributed by atoms with Gasteiger partial charge in [-0.25, -0.2) is 8.42 Å². The maximum atomic E-state index is 12.8. The molecule has 7 heteroatoms. The van der Waals surface area contributed by atoms with E-state index in [0.29, 0.717) is 10.9 Å². The molecule has 0 fully saturated rings. The van der Waals surface area contributed by atoms with Crippen molar-refractivity contribution in [1.29, 1.82) is 0 Å². The van der Waals surface area contributed by atoms with E-state index in [1.807, 2.05) is 13.8 Å². The summed E-state index contributed by atoms with van der Waals surface area (Å²) in [5.74, 6) is -0.125. The molecule has 0 aliphatic heterocycles. The van der Waals surface area contributed by atoms with Crippen LogP contribution in [0.15, 0.2) is 71.8 Å². The molecular formula is C21H19ClN2O3S. The van der Waals surface area contributed by atoms with Crippen molar-refractivity contribution in [2.24, 2.45) is 0 Å². The van der Waals surface area contributed by atoms with E-state index < -0.39 is 15.8 Å². The summed E-state index contributed by atoms with van der Waals surface area (Å²) in [6.07, 6.45) is 1.50. The zero-order valence-corrected chi connectivity index (χ0v) is 17.0. The number of hydrogen-bond acceptors (Lipinski definition) is 4. The Morgan fingerprint density at radius 3 is 2.36 bits per heavy atom. The van der Waals surface area contributed by atoms with Gasteiger partial charge in [0.05, 0.1) is 10.6 Å². The second kappa shape index (κ2) is 8.12. The van der Waals surface area contributed by atoms with Crippen molar-refractivity contribution in [3.8, 4) is 0 Å². The molecule has 0 unspecified atom stereocenters. The van der Waals surface area contributed by atoms with Crippen molar-refractivity contribution in [2.45, 2.75) is 24.7 Å². The van der Waals surface area contributed by atoms with Crippen LogP contribution in [0.5, 0.6) is 0 Å². The number of benzene rings is 2. The molecule has 0 aliphatic rings. The summed E-state index contributed by atoms with van der Waals surface area (Å²) in [5, 5.41) is 0.323. The number of aromatic nitrogens is 1. The van der Waals surface area contributed by atoms with Crippen molar-refractivity contribution in [1.82, 2.24) is 4.98 Å². The second-order valence-corrected chi connectivity index (χ2v) is 8.68. The summed E-state index contributed by atoms with van der Waals surface area (Å²) in [7, 11) is -3.87. The fourth-order valence-electron chi connectivity index (χ4n) is 2.66. The molecule has 0 radical (unpaired) electrons. The molecule has 0 saturated heterocycles. The number of hydrogen-bond donors (Lipinski definition) is 1. The Morgan fingerprint density at radius 1 is 1.04 bits per heavy atom. The fourth-order valence-corrected chi connectivity index (χ4v) is 3.92. The lowest BCUT2D eigenvalue weighted by Crippen LogP contribution is -2.16. The smallest absolute Gasteiger partial charge is 0.261 e. The molecule has 0 atom stereocenters. The van der Waals surface area contributed by atoms with Crippen LogP contribution in [0.2, 0.25) is 5.02 Å². The number of pyridine rings is 1. The highest BCUT2D eigenvalue weighted by molar-refractivity contribution is 7.92. The van der Waals surface area contributed by atoms with E-state index in [1.54, 1.807) is 42.5 Å². The van der Waals surface area contributed by atoms with E-state index in [-0.39, 0.29) is 21.8 Å². The first-order valence-corrected chi connectivity index (χ1v) is 10.5. The van der Waals surface area contributed by atoms with Gasteiger partial charge in [0.25, 0.3) is 10.0 Å². The molecule has 3 rings (SSSR count). The predicted octanol–water partition coefficient (Wildman–Crippen LogP) is 4.89. The molecule has 2 aromatic carbocycles. The number of carbonyl (C=O) groups excluding carboxylic acids is 1. The number of ketones is 1. The minimum absolute atomic E-state index is 0.114. The predicted molar refractivity (Wildman–Crippen MR) is 110 cm³/mol. The van der Waals surface area contributed by atoms with Gasteiger partial charge in [0, 0.05) is 16.8 Å². The number of sulfonamides is 1. The summed E-state index contributed by atoms with van der Waals surface area (Å²) in [5.41, 5.74) is 1.52. The molecule has 0 amide bonds. The lowest BCUT2D eigenvalue weighted by atomic mass is 10.0. The third-order valence-corrected chi connectivity index (χ3v) is 5.84. The van der Waals surface area contributed by atoms with Crippen LogP contribution < -0.4 is 4.72 Å². The lowest BCUT2D eigenvalue weighted by Gasteiger charge is -2.13. The van der Waals surface area contributed by atoms with Crippen molar-refractivity contribution in [2.75, 3.05) is 4.72 Å².